The van der Waals surface area contributed by atoms with Crippen molar-refractivity contribution in [1.29, 1.82) is 0 Å². The maximum Gasteiger partial charge on any atom is 0.238 e. The molecule has 0 N–H and O–H groups in total. The number of hydrogen-bond acceptors (Lipinski definition) is 3. The van der Waals surface area contributed by atoms with E-state index in [4.69, 9.17) is 0 Å². The molecule has 0 saturated heterocycles. The fraction of sp³-hybridized carbons (Fsp3) is 0.300. The summed E-state index contributed by atoms with van der Waals surface area (Å²) in [5.74, 6) is -0.459. The van der Waals surface area contributed by atoms with Gasteiger partial charge in [0.25, 0.3) is 0 Å². The van der Waals surface area contributed by atoms with Gasteiger partial charge in [0.05, 0.1) is 0 Å². The topological polar surface area (TPSA) is 51.2 Å². The van der Waals surface area contributed by atoms with Crippen LogP contribution >= 0.6 is 38.5 Å². The van der Waals surface area contributed by atoms with Crippen LogP contribution in [-0.4, -0.2) is 22.1 Å². The molecular weight excluding hydrogens is 407 g/mol. The second-order valence-corrected chi connectivity index (χ2v) is 11.2. The molecule has 1 rings (SSSR count). The molecule has 0 aliphatic rings. The fourth-order valence-electron chi connectivity index (χ4n) is 1.12. The SMILES string of the molecule is Cc1cccc(C(=O)[C@@](Br)(I)S(C)(=O)=O)c1. The summed E-state index contributed by atoms with van der Waals surface area (Å²) < 4.78 is 21.4. The number of benzene rings is 1. The van der Waals surface area contributed by atoms with E-state index < -0.39 is 17.3 Å². The molecule has 1 aromatic rings. The molecule has 0 fully saturated rings. The summed E-state index contributed by atoms with van der Waals surface area (Å²) in [4.78, 5) is 12.0. The zero-order valence-electron chi connectivity index (χ0n) is 8.70. The van der Waals surface area contributed by atoms with Crippen molar-refractivity contribution in [2.75, 3.05) is 6.26 Å². The average molecular weight is 417 g/mol. The predicted molar refractivity (Wildman–Crippen MR) is 76.0 cm³/mol. The van der Waals surface area contributed by atoms with Crippen LogP contribution in [0.15, 0.2) is 24.3 Å². The minimum absolute atomic E-state index is 0.386. The zero-order chi connectivity index (χ0) is 12.6. The number of Topliss-reactive ketones (excluding diaryl/α,β-unsaturated/α-hetero) is 1. The third-order valence-electron chi connectivity index (χ3n) is 2.01. The number of hydrogen-bond donors (Lipinski definition) is 0. The molecule has 16 heavy (non-hydrogen) atoms. The highest BCUT2D eigenvalue weighted by atomic mass is 127. The van der Waals surface area contributed by atoms with Crippen molar-refractivity contribution in [1.82, 2.24) is 0 Å². The van der Waals surface area contributed by atoms with E-state index in [1.54, 1.807) is 40.8 Å². The van der Waals surface area contributed by atoms with Crippen molar-refractivity contribution < 1.29 is 13.2 Å². The quantitative estimate of drug-likeness (QED) is 0.432. The monoisotopic (exact) mass is 416 g/mol. The van der Waals surface area contributed by atoms with Crippen LogP contribution in [0.2, 0.25) is 0 Å². The summed E-state index contributed by atoms with van der Waals surface area (Å²) in [5.41, 5.74) is 1.30. The first-order valence-electron chi connectivity index (χ1n) is 4.35. The molecule has 0 aliphatic heterocycles. The number of carbonyl (C=O) groups excluding carboxylic acids is 1. The molecule has 6 heteroatoms. The van der Waals surface area contributed by atoms with Gasteiger partial charge in [0.15, 0.2) is 9.84 Å². The van der Waals surface area contributed by atoms with E-state index in [1.807, 2.05) is 13.0 Å². The summed E-state index contributed by atoms with van der Waals surface area (Å²) in [7, 11) is -3.51. The van der Waals surface area contributed by atoms with Crippen molar-refractivity contribution in [3.8, 4) is 0 Å². The first-order valence-corrected chi connectivity index (χ1v) is 8.11. The number of rotatable bonds is 3. The summed E-state index contributed by atoms with van der Waals surface area (Å²) >= 11 is 4.58. The molecule has 0 unspecified atom stereocenters. The van der Waals surface area contributed by atoms with Crippen LogP contribution in [0.3, 0.4) is 0 Å². The average Bonchev–Trinajstić information content (AvgIpc) is 2.14. The summed E-state index contributed by atoms with van der Waals surface area (Å²) in [6, 6.07) is 6.85. The zero-order valence-corrected chi connectivity index (χ0v) is 13.3. The van der Waals surface area contributed by atoms with E-state index in [0.717, 1.165) is 11.8 Å². The van der Waals surface area contributed by atoms with Crippen molar-refractivity contribution in [3.05, 3.63) is 35.4 Å². The Balaban J connectivity index is 3.23. The highest BCUT2D eigenvalue weighted by Gasteiger charge is 2.43. The molecule has 1 aromatic carbocycles. The molecule has 0 aromatic heterocycles. The molecule has 88 valence electrons. The van der Waals surface area contributed by atoms with E-state index in [9.17, 15) is 13.2 Å². The van der Waals surface area contributed by atoms with Crippen LogP contribution < -0.4 is 0 Å². The van der Waals surface area contributed by atoms with E-state index in [1.165, 1.54) is 0 Å². The Bertz CT molecular complexity index is 523. The minimum atomic E-state index is -3.51. The van der Waals surface area contributed by atoms with Gasteiger partial charge in [0, 0.05) is 11.8 Å². The summed E-state index contributed by atoms with van der Waals surface area (Å²) in [6.45, 7) is 1.85. The van der Waals surface area contributed by atoms with Gasteiger partial charge < -0.3 is 0 Å². The molecular formula is C10H10BrIO3S. The van der Waals surface area contributed by atoms with Crippen LogP contribution in [0.4, 0.5) is 0 Å². The lowest BCUT2D eigenvalue weighted by Gasteiger charge is -2.17. The normalized spacial score (nSPS) is 15.5. The first-order chi connectivity index (χ1) is 7.16. The van der Waals surface area contributed by atoms with Crippen LogP contribution in [0.5, 0.6) is 0 Å². The van der Waals surface area contributed by atoms with Crippen LogP contribution in [0, 0.1) is 6.92 Å². The van der Waals surface area contributed by atoms with Gasteiger partial charge in [0.1, 0.15) is 0 Å². The van der Waals surface area contributed by atoms with E-state index in [2.05, 4.69) is 15.9 Å². The van der Waals surface area contributed by atoms with Crippen LogP contribution in [0.1, 0.15) is 15.9 Å². The lowest BCUT2D eigenvalue weighted by molar-refractivity contribution is 0.101. The third-order valence-corrected chi connectivity index (χ3v) is 8.14. The second kappa shape index (κ2) is 4.73. The predicted octanol–water partition coefficient (Wildman–Crippen LogP) is 2.71. The lowest BCUT2D eigenvalue weighted by atomic mass is 10.1. The van der Waals surface area contributed by atoms with E-state index >= 15 is 0 Å². The Labute approximate surface area is 117 Å². The molecule has 0 bridgehead atoms. The number of alkyl halides is 2. The number of carbonyl (C=O) groups is 1. The van der Waals surface area contributed by atoms with Crippen LogP contribution in [0.25, 0.3) is 0 Å². The maximum absolute atomic E-state index is 12.0. The van der Waals surface area contributed by atoms with Gasteiger partial charge >= 0.3 is 0 Å². The van der Waals surface area contributed by atoms with E-state index in [0.29, 0.717) is 5.56 Å². The molecule has 0 amide bonds. The highest BCUT2D eigenvalue weighted by molar-refractivity contribution is 14.1. The van der Waals surface area contributed by atoms with Crippen molar-refractivity contribution in [3.63, 3.8) is 0 Å². The Kier molecular flexibility index (Phi) is 4.18. The first kappa shape index (κ1) is 14.1. The standard InChI is InChI=1S/C10H10BrIO3S/c1-7-4-3-5-8(6-7)9(13)10(11,12)16(2,14)15/h3-6H,1-2H3/t10-/m1/s1. The second-order valence-electron chi connectivity index (χ2n) is 3.49. The number of ketones is 1. The van der Waals surface area contributed by atoms with E-state index in [-0.39, 0.29) is 0 Å². The molecule has 0 aliphatic carbocycles. The van der Waals surface area contributed by atoms with Gasteiger partial charge in [-0.15, -0.1) is 0 Å². The smallest absolute Gasteiger partial charge is 0.238 e. The Hall–Kier alpha value is 0.0500. The Morgan fingerprint density at radius 3 is 2.44 bits per heavy atom. The van der Waals surface area contributed by atoms with Gasteiger partial charge in [-0.1, -0.05) is 23.8 Å². The molecule has 1 atom stereocenters. The molecule has 0 saturated carbocycles. The molecule has 3 nitrogen and oxygen atoms in total. The van der Waals surface area contributed by atoms with Crippen molar-refractivity contribution >= 4 is 54.1 Å². The van der Waals surface area contributed by atoms with Gasteiger partial charge in [0.2, 0.25) is 7.45 Å². The largest absolute Gasteiger partial charge is 0.290 e. The van der Waals surface area contributed by atoms with Crippen molar-refractivity contribution in [2.45, 2.75) is 8.59 Å². The molecule has 0 spiro atoms. The van der Waals surface area contributed by atoms with Crippen LogP contribution in [-0.2, 0) is 9.84 Å². The number of sulfone groups is 1. The summed E-state index contributed by atoms with van der Waals surface area (Å²) in [6.07, 6.45) is 1.03. The molecule has 0 heterocycles. The highest BCUT2D eigenvalue weighted by Crippen LogP contribution is 2.36. The van der Waals surface area contributed by atoms with Crippen molar-refractivity contribution in [2.24, 2.45) is 0 Å². The fourth-order valence-corrected chi connectivity index (χ4v) is 2.12. The van der Waals surface area contributed by atoms with Gasteiger partial charge in [-0.05, 0) is 51.5 Å². The minimum Gasteiger partial charge on any atom is -0.290 e. The third kappa shape index (κ3) is 2.84. The maximum atomic E-state index is 12.0. The van der Waals surface area contributed by atoms with Gasteiger partial charge in [-0.3, -0.25) is 4.79 Å². The number of halogens is 2. The Morgan fingerprint density at radius 2 is 2.00 bits per heavy atom. The molecule has 0 radical (unpaired) electrons. The number of aryl methyl sites for hydroxylation is 1. The Morgan fingerprint density at radius 1 is 1.44 bits per heavy atom. The summed E-state index contributed by atoms with van der Waals surface area (Å²) in [5, 5.41) is 0. The van der Waals surface area contributed by atoms with Gasteiger partial charge in [-0.25, -0.2) is 8.42 Å². The lowest BCUT2D eigenvalue weighted by Crippen LogP contribution is -2.33. The van der Waals surface area contributed by atoms with Gasteiger partial charge in [-0.2, -0.15) is 0 Å².